The Morgan fingerprint density at radius 1 is 0.452 bits per heavy atom. The molecule has 0 aliphatic heterocycles. The van der Waals surface area contributed by atoms with E-state index in [1.807, 2.05) is 6.07 Å². The summed E-state index contributed by atoms with van der Waals surface area (Å²) >= 11 is 0. The largest absolute Gasteiger partial charge is 0.436 e. The summed E-state index contributed by atoms with van der Waals surface area (Å²) in [5, 5.41) is 7.49. The molecule has 8 rings (SSSR count). The lowest BCUT2D eigenvalue weighted by Crippen LogP contribution is -1.94. The van der Waals surface area contributed by atoms with E-state index in [0.29, 0.717) is 5.89 Å². The maximum Gasteiger partial charge on any atom is 0.227 e. The van der Waals surface area contributed by atoms with Crippen LogP contribution >= 0.6 is 0 Å². The van der Waals surface area contributed by atoms with Crippen molar-refractivity contribution in [1.82, 2.24) is 4.98 Å². The van der Waals surface area contributed by atoms with Gasteiger partial charge < -0.3 is 4.42 Å². The number of rotatable bonds is 3. The van der Waals surface area contributed by atoms with Gasteiger partial charge in [-0.05, 0) is 124 Å². The van der Waals surface area contributed by atoms with E-state index in [-0.39, 0.29) is 0 Å². The molecule has 202 valence electrons. The molecule has 0 bridgehead atoms. The number of nitrogens with zero attached hydrogens (tertiary/aromatic N) is 1. The van der Waals surface area contributed by atoms with Crippen LogP contribution in [0.2, 0.25) is 0 Å². The molecule has 2 nitrogen and oxygen atoms in total. The summed E-state index contributed by atoms with van der Waals surface area (Å²) in [7, 11) is 0. The van der Waals surface area contributed by atoms with Crippen molar-refractivity contribution in [2.75, 3.05) is 0 Å². The Bertz CT molecular complexity index is 2350. The van der Waals surface area contributed by atoms with Gasteiger partial charge in [0.15, 0.2) is 5.58 Å². The SMILES string of the molecule is Cc1ccc(-c2ccc3ccc4c(-c5ccc(C)cc5C)cc(-c5nc6cc(C)ccc6o5)c5ccc2c3c54)c(C)c1. The van der Waals surface area contributed by atoms with Crippen molar-refractivity contribution in [2.24, 2.45) is 0 Å². The van der Waals surface area contributed by atoms with Gasteiger partial charge in [0.2, 0.25) is 5.89 Å². The van der Waals surface area contributed by atoms with Crippen molar-refractivity contribution in [1.29, 1.82) is 0 Å². The minimum absolute atomic E-state index is 0.661. The molecular weight excluding hydrogens is 510 g/mol. The Balaban J connectivity index is 1.52. The topological polar surface area (TPSA) is 26.0 Å². The molecule has 1 aromatic heterocycles. The predicted molar refractivity (Wildman–Crippen MR) is 178 cm³/mol. The highest BCUT2D eigenvalue weighted by atomic mass is 16.3. The van der Waals surface area contributed by atoms with E-state index < -0.39 is 0 Å². The smallest absolute Gasteiger partial charge is 0.227 e. The fraction of sp³-hybridized carbons (Fsp3) is 0.125. The van der Waals surface area contributed by atoms with Gasteiger partial charge in [-0.3, -0.25) is 0 Å². The number of oxazole rings is 1. The van der Waals surface area contributed by atoms with Crippen molar-refractivity contribution in [2.45, 2.75) is 34.6 Å². The second-order valence-corrected chi connectivity index (χ2v) is 12.0. The van der Waals surface area contributed by atoms with Crippen LogP contribution in [0, 0.1) is 34.6 Å². The highest BCUT2D eigenvalue weighted by molar-refractivity contribution is 6.29. The summed E-state index contributed by atoms with van der Waals surface area (Å²) in [6.07, 6.45) is 0. The van der Waals surface area contributed by atoms with Crippen molar-refractivity contribution in [3.8, 4) is 33.7 Å². The van der Waals surface area contributed by atoms with Crippen LogP contribution in [-0.2, 0) is 0 Å². The lowest BCUT2D eigenvalue weighted by atomic mass is 9.84. The molecule has 0 fully saturated rings. The standard InChI is InChI=1S/C40H31NO/c1-22-6-11-28(25(4)18-22)30-13-9-27-10-14-32-34(29-12-7-23(2)19-26(29)5)21-35(33-16-15-31(30)38(27)39(32)33)40-41-36-20-24(3)8-17-37(36)42-40/h6-21H,1-5H3. The van der Waals surface area contributed by atoms with Gasteiger partial charge in [0, 0.05) is 5.56 Å². The van der Waals surface area contributed by atoms with E-state index in [9.17, 15) is 0 Å². The molecule has 0 aliphatic rings. The number of aromatic nitrogens is 1. The zero-order valence-electron chi connectivity index (χ0n) is 24.6. The van der Waals surface area contributed by atoms with Gasteiger partial charge in [-0.1, -0.05) is 90.0 Å². The summed E-state index contributed by atoms with van der Waals surface area (Å²) in [4.78, 5) is 5.02. The fourth-order valence-electron chi connectivity index (χ4n) is 6.92. The van der Waals surface area contributed by atoms with Gasteiger partial charge in [-0.2, -0.15) is 0 Å². The Morgan fingerprint density at radius 3 is 1.71 bits per heavy atom. The van der Waals surface area contributed by atoms with Crippen LogP contribution < -0.4 is 0 Å². The summed E-state index contributed by atoms with van der Waals surface area (Å²) < 4.78 is 6.45. The molecule has 0 radical (unpaired) electrons. The second-order valence-electron chi connectivity index (χ2n) is 12.0. The first-order valence-corrected chi connectivity index (χ1v) is 14.6. The molecule has 8 aromatic rings. The van der Waals surface area contributed by atoms with Gasteiger partial charge in [0.05, 0.1) is 0 Å². The first kappa shape index (κ1) is 24.8. The molecule has 0 unspecified atom stereocenters. The molecule has 1 heterocycles. The molecule has 0 N–H and O–H groups in total. The van der Waals surface area contributed by atoms with E-state index in [2.05, 4.69) is 126 Å². The van der Waals surface area contributed by atoms with Gasteiger partial charge >= 0.3 is 0 Å². The molecule has 42 heavy (non-hydrogen) atoms. The average Bonchev–Trinajstić information content (AvgIpc) is 3.39. The van der Waals surface area contributed by atoms with Crippen LogP contribution in [0.4, 0.5) is 0 Å². The lowest BCUT2D eigenvalue weighted by Gasteiger charge is -2.19. The van der Waals surface area contributed by atoms with Gasteiger partial charge in [-0.25, -0.2) is 4.98 Å². The maximum atomic E-state index is 6.45. The first-order chi connectivity index (χ1) is 20.4. The number of aryl methyl sites for hydroxylation is 5. The second kappa shape index (κ2) is 9.03. The first-order valence-electron chi connectivity index (χ1n) is 14.6. The van der Waals surface area contributed by atoms with Gasteiger partial charge in [0.25, 0.3) is 0 Å². The van der Waals surface area contributed by atoms with Gasteiger partial charge in [0.1, 0.15) is 5.52 Å². The summed E-state index contributed by atoms with van der Waals surface area (Å²) in [6, 6.07) is 35.7. The summed E-state index contributed by atoms with van der Waals surface area (Å²) in [6.45, 7) is 10.8. The molecule has 0 amide bonds. The third-order valence-corrected chi connectivity index (χ3v) is 8.90. The lowest BCUT2D eigenvalue weighted by molar-refractivity contribution is 0.620. The minimum atomic E-state index is 0.661. The number of hydrogen-bond acceptors (Lipinski definition) is 2. The highest BCUT2D eigenvalue weighted by Gasteiger charge is 2.21. The third-order valence-electron chi connectivity index (χ3n) is 8.90. The van der Waals surface area contributed by atoms with Crippen LogP contribution in [0.1, 0.15) is 27.8 Å². The van der Waals surface area contributed by atoms with Crippen molar-refractivity contribution in [3.05, 3.63) is 125 Å². The molecular formula is C40H31NO. The van der Waals surface area contributed by atoms with E-state index in [1.165, 1.54) is 77.0 Å². The van der Waals surface area contributed by atoms with E-state index in [1.54, 1.807) is 0 Å². The molecule has 7 aromatic carbocycles. The monoisotopic (exact) mass is 541 g/mol. The van der Waals surface area contributed by atoms with Crippen LogP contribution in [0.25, 0.3) is 77.1 Å². The maximum absolute atomic E-state index is 6.45. The zero-order valence-corrected chi connectivity index (χ0v) is 24.6. The van der Waals surface area contributed by atoms with Crippen LogP contribution in [0.15, 0.2) is 101 Å². The van der Waals surface area contributed by atoms with Crippen LogP contribution in [0.5, 0.6) is 0 Å². The van der Waals surface area contributed by atoms with Gasteiger partial charge in [-0.15, -0.1) is 0 Å². The molecule has 2 heteroatoms. The van der Waals surface area contributed by atoms with Crippen molar-refractivity contribution in [3.63, 3.8) is 0 Å². The van der Waals surface area contributed by atoms with Crippen molar-refractivity contribution < 1.29 is 4.42 Å². The molecule has 0 saturated carbocycles. The summed E-state index contributed by atoms with van der Waals surface area (Å²) in [5.41, 5.74) is 14.0. The highest BCUT2D eigenvalue weighted by Crippen LogP contribution is 2.46. The number of hydrogen-bond donors (Lipinski definition) is 0. The quantitative estimate of drug-likeness (QED) is 0.208. The normalized spacial score (nSPS) is 11.9. The zero-order chi connectivity index (χ0) is 28.7. The predicted octanol–water partition coefficient (Wildman–Crippen LogP) is 11.3. The number of fused-ring (bicyclic) bond motifs is 1. The van der Waals surface area contributed by atoms with E-state index >= 15 is 0 Å². The molecule has 0 saturated heterocycles. The fourth-order valence-corrected chi connectivity index (χ4v) is 6.92. The van der Waals surface area contributed by atoms with Crippen LogP contribution in [0.3, 0.4) is 0 Å². The Hall–Kier alpha value is -4.95. The van der Waals surface area contributed by atoms with E-state index in [0.717, 1.165) is 22.0 Å². The average molecular weight is 542 g/mol. The Kier molecular flexibility index (Phi) is 5.33. The third kappa shape index (κ3) is 3.68. The number of benzene rings is 7. The van der Waals surface area contributed by atoms with E-state index in [4.69, 9.17) is 9.40 Å². The Morgan fingerprint density at radius 2 is 1.00 bits per heavy atom. The summed E-state index contributed by atoms with van der Waals surface area (Å²) in [5.74, 6) is 0.661. The molecule has 0 aliphatic carbocycles. The van der Waals surface area contributed by atoms with Crippen molar-refractivity contribution >= 4 is 43.4 Å². The minimum Gasteiger partial charge on any atom is -0.436 e. The van der Waals surface area contributed by atoms with Crippen LogP contribution in [-0.4, -0.2) is 4.98 Å². The molecule has 0 spiro atoms. The Labute approximate surface area is 245 Å². The molecule has 0 atom stereocenters.